The van der Waals surface area contributed by atoms with Crippen LogP contribution in [0.25, 0.3) is 16.2 Å². The lowest BCUT2D eigenvalue weighted by atomic mass is 9.71. The van der Waals surface area contributed by atoms with E-state index in [2.05, 4.69) is 47.1 Å². The summed E-state index contributed by atoms with van der Waals surface area (Å²) in [5, 5.41) is 28.2. The van der Waals surface area contributed by atoms with Gasteiger partial charge in [0.1, 0.15) is 16.0 Å². The number of aliphatic hydroxyl groups is 1. The summed E-state index contributed by atoms with van der Waals surface area (Å²) in [5.41, 5.74) is 5.48. The monoisotopic (exact) mass is 634 g/mol. The molecule has 2 atom stereocenters. The molecule has 6 rings (SSSR count). The smallest absolute Gasteiger partial charge is 0.280 e. The van der Waals surface area contributed by atoms with Gasteiger partial charge in [-0.05, 0) is 87.0 Å². The Morgan fingerprint density at radius 3 is 2.56 bits per heavy atom. The third-order valence-corrected chi connectivity index (χ3v) is 10.4. The van der Waals surface area contributed by atoms with Crippen LogP contribution in [0.4, 0.5) is 0 Å². The summed E-state index contributed by atoms with van der Waals surface area (Å²) in [4.78, 5) is 31.1. The Labute approximate surface area is 268 Å². The molecule has 1 saturated heterocycles. The molecule has 1 aliphatic heterocycles. The lowest BCUT2D eigenvalue weighted by Gasteiger charge is -2.34. The van der Waals surface area contributed by atoms with Gasteiger partial charge in [-0.1, -0.05) is 38.2 Å². The highest BCUT2D eigenvalue weighted by molar-refractivity contribution is 7.19. The SMILES string of the molecule is Cc1nn(-c2ccc([C@@H](CCN3CCC(O)CC3)NC(=O)c3nc4cc5c(nc4s3)CC[C@H](C(C)(C)C)C5)cn2)c(C)c1O.N. The summed E-state index contributed by atoms with van der Waals surface area (Å²) in [5.74, 6) is 1.14. The molecule has 2 aliphatic rings. The van der Waals surface area contributed by atoms with Gasteiger partial charge in [0.15, 0.2) is 16.6 Å². The number of carbonyl (C=O) groups is 1. The normalized spacial score (nSPS) is 18.4. The number of fused-ring (bicyclic) bond motifs is 2. The van der Waals surface area contributed by atoms with Crippen LogP contribution in [0.15, 0.2) is 24.4 Å². The second kappa shape index (κ2) is 13.1. The van der Waals surface area contributed by atoms with Crippen molar-refractivity contribution < 1.29 is 15.0 Å². The van der Waals surface area contributed by atoms with Crippen LogP contribution in [0.1, 0.15) is 90.5 Å². The number of hydrogen-bond donors (Lipinski definition) is 4. The lowest BCUT2D eigenvalue weighted by molar-refractivity contribution is 0.0795. The molecule has 4 aromatic heterocycles. The first kappa shape index (κ1) is 32.9. The van der Waals surface area contributed by atoms with Gasteiger partial charge >= 0.3 is 0 Å². The Bertz CT molecular complexity index is 1650. The molecule has 0 spiro atoms. The lowest BCUT2D eigenvalue weighted by Crippen LogP contribution is -2.38. The molecule has 0 aromatic carbocycles. The second-order valence-corrected chi connectivity index (χ2v) is 14.5. The number of aryl methyl sites for hydroxylation is 2. The van der Waals surface area contributed by atoms with E-state index in [1.807, 2.05) is 12.1 Å². The van der Waals surface area contributed by atoms with Gasteiger partial charge in [0.05, 0.1) is 17.8 Å². The van der Waals surface area contributed by atoms with E-state index in [-0.39, 0.29) is 35.4 Å². The highest BCUT2D eigenvalue weighted by atomic mass is 32.1. The van der Waals surface area contributed by atoms with Crippen LogP contribution >= 0.6 is 11.3 Å². The molecule has 0 bridgehead atoms. The maximum Gasteiger partial charge on any atom is 0.280 e. The van der Waals surface area contributed by atoms with Gasteiger partial charge in [-0.3, -0.25) is 4.79 Å². The van der Waals surface area contributed by atoms with Crippen LogP contribution in [0, 0.1) is 25.2 Å². The van der Waals surface area contributed by atoms with Gasteiger partial charge in [-0.15, -0.1) is 0 Å². The fourth-order valence-electron chi connectivity index (χ4n) is 6.43. The number of aliphatic hydroxyl groups excluding tert-OH is 1. The average molecular weight is 635 g/mol. The highest BCUT2D eigenvalue weighted by Gasteiger charge is 2.30. The van der Waals surface area contributed by atoms with E-state index in [0.29, 0.717) is 34.6 Å². The number of rotatable bonds is 7. The largest absolute Gasteiger partial charge is 0.504 e. The van der Waals surface area contributed by atoms with Crippen molar-refractivity contribution in [3.8, 4) is 11.6 Å². The standard InChI is InChI=1S/C33H43N7O3S.H3N/c1-19-29(42)20(2)40(38-19)28-9-6-21(18-34-28)26(12-15-39-13-10-24(41)11-14-39)35-30(43)32-37-27-17-22-16-23(33(3,4)5)7-8-25(22)36-31(27)44-32;/h6,9,17-18,23-24,26,41-42H,7-8,10-16H2,1-5H3,(H,35,43);1H3/t23-,26+;/m0./s1. The zero-order chi connectivity index (χ0) is 31.2. The summed E-state index contributed by atoms with van der Waals surface area (Å²) in [6.45, 7) is 12.9. The molecule has 45 heavy (non-hydrogen) atoms. The van der Waals surface area contributed by atoms with Gasteiger partial charge in [-0.2, -0.15) is 5.10 Å². The second-order valence-electron chi connectivity index (χ2n) is 13.5. The Morgan fingerprint density at radius 2 is 1.91 bits per heavy atom. The van der Waals surface area contributed by atoms with Crippen molar-refractivity contribution in [1.82, 2.24) is 41.1 Å². The molecule has 5 heterocycles. The molecule has 1 fully saturated rings. The van der Waals surface area contributed by atoms with Crippen molar-refractivity contribution in [3.63, 3.8) is 0 Å². The number of hydrogen-bond acceptors (Lipinski definition) is 10. The molecule has 11 nitrogen and oxygen atoms in total. The minimum atomic E-state index is -0.287. The Kier molecular flexibility index (Phi) is 9.60. The molecular weight excluding hydrogens is 588 g/mol. The van der Waals surface area contributed by atoms with Gasteiger partial charge < -0.3 is 26.6 Å². The van der Waals surface area contributed by atoms with Crippen LogP contribution in [0.2, 0.25) is 0 Å². The quantitative estimate of drug-likeness (QED) is 0.213. The molecule has 6 N–H and O–H groups in total. The maximum absolute atomic E-state index is 13.7. The van der Waals surface area contributed by atoms with Crippen molar-refractivity contribution in [2.45, 2.75) is 85.3 Å². The highest BCUT2D eigenvalue weighted by Crippen LogP contribution is 2.38. The van der Waals surface area contributed by atoms with Crippen LogP contribution in [-0.4, -0.2) is 71.5 Å². The molecule has 242 valence electrons. The van der Waals surface area contributed by atoms with Crippen molar-refractivity contribution >= 4 is 27.6 Å². The zero-order valence-electron chi connectivity index (χ0n) is 27.0. The zero-order valence-corrected chi connectivity index (χ0v) is 27.8. The number of amides is 1. The van der Waals surface area contributed by atoms with Crippen LogP contribution in [-0.2, 0) is 12.8 Å². The van der Waals surface area contributed by atoms with Crippen molar-refractivity contribution in [2.24, 2.45) is 11.3 Å². The van der Waals surface area contributed by atoms with E-state index in [1.165, 1.54) is 16.9 Å². The fourth-order valence-corrected chi connectivity index (χ4v) is 7.28. The van der Waals surface area contributed by atoms with E-state index in [0.717, 1.165) is 73.3 Å². The van der Waals surface area contributed by atoms with Crippen LogP contribution < -0.4 is 11.5 Å². The minimum absolute atomic E-state index is 0. The van der Waals surface area contributed by atoms with E-state index < -0.39 is 0 Å². The first-order valence-corrected chi connectivity index (χ1v) is 16.5. The number of piperidine rings is 1. The number of likely N-dealkylation sites (tertiary alicyclic amines) is 1. The molecule has 1 aliphatic carbocycles. The predicted molar refractivity (Wildman–Crippen MR) is 176 cm³/mol. The Morgan fingerprint density at radius 1 is 1.16 bits per heavy atom. The Balaban J connectivity index is 0.00000400. The summed E-state index contributed by atoms with van der Waals surface area (Å²) in [7, 11) is 0. The number of thiazole rings is 1. The number of pyridine rings is 2. The van der Waals surface area contributed by atoms with Crippen molar-refractivity contribution in [3.05, 3.63) is 57.6 Å². The summed E-state index contributed by atoms with van der Waals surface area (Å²) < 4.78 is 1.62. The van der Waals surface area contributed by atoms with Crippen molar-refractivity contribution in [1.29, 1.82) is 0 Å². The molecule has 0 radical (unpaired) electrons. The molecule has 4 aromatic rings. The third-order valence-electron chi connectivity index (χ3n) is 9.41. The van der Waals surface area contributed by atoms with Crippen LogP contribution in [0.3, 0.4) is 0 Å². The molecule has 0 unspecified atom stereocenters. The summed E-state index contributed by atoms with van der Waals surface area (Å²) >= 11 is 1.35. The first-order chi connectivity index (χ1) is 21.0. The van der Waals surface area contributed by atoms with E-state index >= 15 is 0 Å². The molecular formula is C33H46N8O3S. The van der Waals surface area contributed by atoms with Crippen LogP contribution in [0.5, 0.6) is 5.75 Å². The van der Waals surface area contributed by atoms with E-state index in [9.17, 15) is 15.0 Å². The number of nitrogens with one attached hydrogen (secondary N) is 1. The number of carbonyl (C=O) groups excluding carboxylic acids is 1. The number of aromatic hydroxyl groups is 1. The molecule has 1 amide bonds. The topological polar surface area (TPSA) is 164 Å². The maximum atomic E-state index is 13.7. The van der Waals surface area contributed by atoms with Gasteiger partial charge in [0.25, 0.3) is 5.91 Å². The van der Waals surface area contributed by atoms with E-state index in [4.69, 9.17) is 9.97 Å². The van der Waals surface area contributed by atoms with Gasteiger partial charge in [-0.25, -0.2) is 19.6 Å². The van der Waals surface area contributed by atoms with Gasteiger partial charge in [0.2, 0.25) is 0 Å². The fraction of sp³-hybridized carbons (Fsp3) is 0.545. The predicted octanol–water partition coefficient (Wildman–Crippen LogP) is 5.23. The summed E-state index contributed by atoms with van der Waals surface area (Å²) in [6, 6.07) is 5.68. The number of nitrogens with zero attached hydrogens (tertiary/aromatic N) is 6. The average Bonchev–Trinajstić information content (AvgIpc) is 3.53. The molecule has 0 saturated carbocycles. The van der Waals surface area contributed by atoms with Crippen molar-refractivity contribution in [2.75, 3.05) is 19.6 Å². The summed E-state index contributed by atoms with van der Waals surface area (Å²) in [6.07, 6.45) is 6.85. The Hall–Kier alpha value is -3.45. The minimum Gasteiger partial charge on any atom is -0.504 e. The third kappa shape index (κ3) is 7.04. The van der Waals surface area contributed by atoms with Gasteiger partial charge in [0, 0.05) is 31.5 Å². The first-order valence-electron chi connectivity index (χ1n) is 15.7. The number of aromatic nitrogens is 5. The molecule has 12 heteroatoms. The van der Waals surface area contributed by atoms with E-state index in [1.54, 1.807) is 24.7 Å².